The maximum absolute atomic E-state index is 10.6. The van der Waals surface area contributed by atoms with Crippen molar-refractivity contribution in [1.29, 1.82) is 0 Å². The Balaban J connectivity index is 1.97. The van der Waals surface area contributed by atoms with Crippen LogP contribution in [0.25, 0.3) is 0 Å². The molecule has 7 nitrogen and oxygen atoms in total. The summed E-state index contributed by atoms with van der Waals surface area (Å²) in [7, 11) is 1.87. The van der Waals surface area contributed by atoms with Crippen molar-refractivity contribution in [2.45, 2.75) is 19.9 Å². The van der Waals surface area contributed by atoms with E-state index in [2.05, 4.69) is 15.7 Å². The van der Waals surface area contributed by atoms with Crippen LogP contribution >= 0.6 is 12.2 Å². The van der Waals surface area contributed by atoms with Crippen LogP contribution in [0.3, 0.4) is 0 Å². The number of nitro groups is 1. The minimum absolute atomic E-state index is 0.00625. The number of hydrogen-bond donors (Lipinski definition) is 2. The lowest BCUT2D eigenvalue weighted by molar-refractivity contribution is -0.384. The number of aromatic nitrogens is 2. The third-order valence-corrected chi connectivity index (χ3v) is 3.42. The molecule has 0 bridgehead atoms. The third-order valence-electron chi connectivity index (χ3n) is 3.20. The van der Waals surface area contributed by atoms with E-state index in [-0.39, 0.29) is 11.7 Å². The lowest BCUT2D eigenvalue weighted by atomic mass is 10.1. The summed E-state index contributed by atoms with van der Waals surface area (Å²) < 4.78 is 1.76. The molecule has 0 saturated heterocycles. The van der Waals surface area contributed by atoms with Gasteiger partial charge in [0.25, 0.3) is 5.69 Å². The first-order chi connectivity index (χ1) is 10.4. The first-order valence-electron chi connectivity index (χ1n) is 6.69. The SMILES string of the molecule is Cc1nn(C)cc1C(C)NC(=S)Nc1ccc([N+](=O)[O-])cc1. The monoisotopic (exact) mass is 319 g/mol. The number of rotatable bonds is 4. The predicted octanol–water partition coefficient (Wildman–Crippen LogP) is 2.68. The summed E-state index contributed by atoms with van der Waals surface area (Å²) in [5.74, 6) is 0. The molecular formula is C14H17N5O2S. The molecule has 0 fully saturated rings. The molecule has 1 unspecified atom stereocenters. The van der Waals surface area contributed by atoms with Crippen molar-refractivity contribution in [3.63, 3.8) is 0 Å². The van der Waals surface area contributed by atoms with Gasteiger partial charge in [-0.3, -0.25) is 14.8 Å². The minimum atomic E-state index is -0.437. The summed E-state index contributed by atoms with van der Waals surface area (Å²) in [6, 6.07) is 6.10. The molecule has 1 aromatic heterocycles. The lowest BCUT2D eigenvalue weighted by Gasteiger charge is -2.16. The Morgan fingerprint density at radius 3 is 2.55 bits per heavy atom. The van der Waals surface area contributed by atoms with Gasteiger partial charge < -0.3 is 10.6 Å². The van der Waals surface area contributed by atoms with E-state index in [1.165, 1.54) is 12.1 Å². The summed E-state index contributed by atoms with van der Waals surface area (Å²) in [5.41, 5.74) is 2.75. The van der Waals surface area contributed by atoms with Crippen LogP contribution in [0.2, 0.25) is 0 Å². The number of benzene rings is 1. The van der Waals surface area contributed by atoms with Crippen LogP contribution in [0.1, 0.15) is 24.2 Å². The average molecular weight is 319 g/mol. The second-order valence-corrected chi connectivity index (χ2v) is 5.38. The summed E-state index contributed by atoms with van der Waals surface area (Å²) in [6.45, 7) is 3.94. The second-order valence-electron chi connectivity index (χ2n) is 4.97. The number of nitrogens with one attached hydrogen (secondary N) is 2. The molecule has 0 aliphatic heterocycles. The molecule has 0 saturated carbocycles. The maximum Gasteiger partial charge on any atom is 0.269 e. The molecule has 116 valence electrons. The van der Waals surface area contributed by atoms with E-state index in [0.29, 0.717) is 10.8 Å². The molecule has 22 heavy (non-hydrogen) atoms. The highest BCUT2D eigenvalue weighted by atomic mass is 32.1. The molecule has 8 heteroatoms. The highest BCUT2D eigenvalue weighted by Crippen LogP contribution is 2.17. The van der Waals surface area contributed by atoms with Gasteiger partial charge in [0.15, 0.2) is 5.11 Å². The van der Waals surface area contributed by atoms with Gasteiger partial charge in [0.2, 0.25) is 0 Å². The van der Waals surface area contributed by atoms with E-state index < -0.39 is 4.92 Å². The number of non-ortho nitro benzene ring substituents is 1. The molecule has 0 aliphatic rings. The number of hydrogen-bond acceptors (Lipinski definition) is 4. The number of nitro benzene ring substituents is 1. The van der Waals surface area contributed by atoms with E-state index in [1.807, 2.05) is 27.1 Å². The van der Waals surface area contributed by atoms with Crippen LogP contribution in [0.5, 0.6) is 0 Å². The van der Waals surface area contributed by atoms with Gasteiger partial charge in [-0.05, 0) is 38.2 Å². The first kappa shape index (κ1) is 15.9. The van der Waals surface area contributed by atoms with Crippen molar-refractivity contribution in [1.82, 2.24) is 15.1 Å². The summed E-state index contributed by atoms with van der Waals surface area (Å²) >= 11 is 5.26. The van der Waals surface area contributed by atoms with Crippen molar-refractivity contribution in [3.05, 3.63) is 51.8 Å². The third kappa shape index (κ3) is 3.79. The topological polar surface area (TPSA) is 85.0 Å². The summed E-state index contributed by atoms with van der Waals surface area (Å²) in [6.07, 6.45) is 1.95. The molecule has 0 spiro atoms. The van der Waals surface area contributed by atoms with Gasteiger partial charge in [0, 0.05) is 36.6 Å². The normalized spacial score (nSPS) is 11.8. The standard InChI is InChI=1S/C14H17N5O2S/c1-9(13-8-18(3)17-10(13)2)15-14(22)16-11-4-6-12(7-5-11)19(20)21/h4-9H,1-3H3,(H2,15,16,22). The van der Waals surface area contributed by atoms with Crippen LogP contribution in [0.15, 0.2) is 30.5 Å². The number of anilines is 1. The fraction of sp³-hybridized carbons (Fsp3) is 0.286. The molecule has 1 heterocycles. The van der Waals surface area contributed by atoms with Gasteiger partial charge >= 0.3 is 0 Å². The van der Waals surface area contributed by atoms with Crippen LogP contribution < -0.4 is 10.6 Å². The minimum Gasteiger partial charge on any atom is -0.356 e. The molecule has 2 aromatic rings. The van der Waals surface area contributed by atoms with Crippen molar-refractivity contribution >= 4 is 28.7 Å². The van der Waals surface area contributed by atoms with Crippen LogP contribution in [0.4, 0.5) is 11.4 Å². The fourth-order valence-electron chi connectivity index (χ4n) is 2.15. The van der Waals surface area contributed by atoms with Crippen molar-refractivity contribution in [2.24, 2.45) is 7.05 Å². The van der Waals surface area contributed by atoms with Gasteiger partial charge in [0.1, 0.15) is 0 Å². The summed E-state index contributed by atoms with van der Waals surface area (Å²) in [5, 5.41) is 21.5. The average Bonchev–Trinajstić information content (AvgIpc) is 2.78. The predicted molar refractivity (Wildman–Crippen MR) is 88.8 cm³/mol. The largest absolute Gasteiger partial charge is 0.356 e. The number of nitrogens with zero attached hydrogens (tertiary/aromatic N) is 3. The lowest BCUT2D eigenvalue weighted by Crippen LogP contribution is -2.31. The Labute approximate surface area is 133 Å². The van der Waals surface area contributed by atoms with Gasteiger partial charge in [-0.15, -0.1) is 0 Å². The Morgan fingerprint density at radius 1 is 1.41 bits per heavy atom. The van der Waals surface area contributed by atoms with Crippen molar-refractivity contribution in [2.75, 3.05) is 5.32 Å². The van der Waals surface area contributed by atoms with Crippen LogP contribution in [0, 0.1) is 17.0 Å². The van der Waals surface area contributed by atoms with E-state index in [1.54, 1.807) is 16.8 Å². The fourth-order valence-corrected chi connectivity index (χ4v) is 2.45. The van der Waals surface area contributed by atoms with Crippen LogP contribution in [-0.2, 0) is 7.05 Å². The Hall–Kier alpha value is -2.48. The van der Waals surface area contributed by atoms with Crippen LogP contribution in [-0.4, -0.2) is 19.8 Å². The molecular weight excluding hydrogens is 302 g/mol. The summed E-state index contributed by atoms with van der Waals surface area (Å²) in [4.78, 5) is 10.2. The Morgan fingerprint density at radius 2 is 2.05 bits per heavy atom. The van der Waals surface area contributed by atoms with E-state index in [9.17, 15) is 10.1 Å². The molecule has 0 amide bonds. The van der Waals surface area contributed by atoms with E-state index in [4.69, 9.17) is 12.2 Å². The number of thiocarbonyl (C=S) groups is 1. The molecule has 2 rings (SSSR count). The van der Waals surface area contributed by atoms with Gasteiger partial charge in [-0.1, -0.05) is 0 Å². The van der Waals surface area contributed by atoms with Crippen molar-refractivity contribution < 1.29 is 4.92 Å². The molecule has 1 atom stereocenters. The van der Waals surface area contributed by atoms with Crippen molar-refractivity contribution in [3.8, 4) is 0 Å². The Kier molecular flexibility index (Phi) is 4.71. The van der Waals surface area contributed by atoms with E-state index >= 15 is 0 Å². The highest BCUT2D eigenvalue weighted by Gasteiger charge is 2.13. The van der Waals surface area contributed by atoms with Gasteiger partial charge in [-0.2, -0.15) is 5.10 Å². The maximum atomic E-state index is 10.6. The quantitative estimate of drug-likeness (QED) is 0.512. The molecule has 2 N–H and O–H groups in total. The molecule has 1 aromatic carbocycles. The van der Waals surface area contributed by atoms with E-state index in [0.717, 1.165) is 11.3 Å². The molecule has 0 aliphatic carbocycles. The smallest absolute Gasteiger partial charge is 0.269 e. The van der Waals surface area contributed by atoms with Gasteiger partial charge in [-0.25, -0.2) is 0 Å². The number of aryl methyl sites for hydroxylation is 2. The second kappa shape index (κ2) is 6.52. The zero-order valence-electron chi connectivity index (χ0n) is 12.5. The highest BCUT2D eigenvalue weighted by molar-refractivity contribution is 7.80. The zero-order valence-corrected chi connectivity index (χ0v) is 13.3. The van der Waals surface area contributed by atoms with Gasteiger partial charge in [0.05, 0.1) is 16.7 Å². The first-order valence-corrected chi connectivity index (χ1v) is 7.09. The Bertz CT molecular complexity index is 696. The zero-order chi connectivity index (χ0) is 16.3. The molecule has 0 radical (unpaired) electrons.